The average molecular weight is 280 g/mol. The van der Waals surface area contributed by atoms with Crippen molar-refractivity contribution in [1.29, 1.82) is 0 Å². The van der Waals surface area contributed by atoms with Crippen LogP contribution in [0.3, 0.4) is 0 Å². The quantitative estimate of drug-likeness (QED) is 0.797. The van der Waals surface area contributed by atoms with Gasteiger partial charge >= 0.3 is 5.97 Å². The second-order valence-electron chi connectivity index (χ2n) is 4.63. The molecule has 21 heavy (non-hydrogen) atoms. The minimum atomic E-state index is -1.21. The van der Waals surface area contributed by atoms with Crippen molar-refractivity contribution >= 4 is 16.9 Å². The SMILES string of the molecule is O=C(O)c1nc2ccccc2c(=O)n1Cc1ccccc1. The van der Waals surface area contributed by atoms with Crippen molar-refractivity contribution < 1.29 is 9.90 Å². The summed E-state index contributed by atoms with van der Waals surface area (Å²) in [4.78, 5) is 28.0. The Kier molecular flexibility index (Phi) is 3.23. The zero-order valence-corrected chi connectivity index (χ0v) is 11.1. The monoisotopic (exact) mass is 280 g/mol. The molecule has 0 spiro atoms. The molecule has 1 N–H and O–H groups in total. The maximum atomic E-state index is 12.5. The lowest BCUT2D eigenvalue weighted by molar-refractivity contribution is 0.0677. The van der Waals surface area contributed by atoms with Crippen LogP contribution in [0.25, 0.3) is 10.9 Å². The highest BCUT2D eigenvalue weighted by Gasteiger charge is 2.16. The predicted molar refractivity (Wildman–Crippen MR) is 78.5 cm³/mol. The van der Waals surface area contributed by atoms with Crippen LogP contribution in [0.4, 0.5) is 0 Å². The van der Waals surface area contributed by atoms with Gasteiger partial charge < -0.3 is 5.11 Å². The Morgan fingerprint density at radius 2 is 1.71 bits per heavy atom. The Labute approximate surface area is 120 Å². The molecule has 0 aliphatic rings. The van der Waals surface area contributed by atoms with Gasteiger partial charge in [0.05, 0.1) is 17.4 Å². The predicted octanol–water partition coefficient (Wildman–Crippen LogP) is 2.14. The summed E-state index contributed by atoms with van der Waals surface area (Å²) in [6.45, 7) is 0.180. The zero-order valence-electron chi connectivity index (χ0n) is 11.1. The van der Waals surface area contributed by atoms with Crippen LogP contribution in [-0.4, -0.2) is 20.6 Å². The summed E-state index contributed by atoms with van der Waals surface area (Å²) in [5, 5.41) is 9.72. The minimum Gasteiger partial charge on any atom is -0.475 e. The third kappa shape index (κ3) is 2.41. The second-order valence-corrected chi connectivity index (χ2v) is 4.63. The fraction of sp³-hybridized carbons (Fsp3) is 0.0625. The maximum Gasteiger partial charge on any atom is 0.372 e. The number of fused-ring (bicyclic) bond motifs is 1. The number of benzene rings is 2. The summed E-state index contributed by atoms with van der Waals surface area (Å²) in [5.74, 6) is -1.46. The van der Waals surface area contributed by atoms with Gasteiger partial charge in [0, 0.05) is 0 Å². The number of aromatic carboxylic acids is 1. The molecule has 2 aromatic carbocycles. The molecule has 5 heteroatoms. The first-order chi connectivity index (χ1) is 10.2. The summed E-state index contributed by atoms with van der Waals surface area (Å²) < 4.78 is 1.19. The van der Waals surface area contributed by atoms with Crippen LogP contribution in [0.5, 0.6) is 0 Å². The molecule has 0 aliphatic carbocycles. The normalized spacial score (nSPS) is 10.7. The zero-order chi connectivity index (χ0) is 14.8. The van der Waals surface area contributed by atoms with Gasteiger partial charge in [0.1, 0.15) is 0 Å². The maximum absolute atomic E-state index is 12.5. The molecule has 0 fully saturated rings. The van der Waals surface area contributed by atoms with Crippen molar-refractivity contribution in [3.8, 4) is 0 Å². The Bertz CT molecular complexity index is 870. The van der Waals surface area contributed by atoms with Gasteiger partial charge in [0.15, 0.2) is 0 Å². The van der Waals surface area contributed by atoms with Crippen molar-refractivity contribution in [2.24, 2.45) is 0 Å². The van der Waals surface area contributed by atoms with Crippen LogP contribution in [0.15, 0.2) is 59.4 Å². The number of hydrogen-bond acceptors (Lipinski definition) is 3. The molecule has 1 heterocycles. The molecule has 0 unspecified atom stereocenters. The van der Waals surface area contributed by atoms with Crippen LogP contribution in [0, 0.1) is 0 Å². The summed E-state index contributed by atoms with van der Waals surface area (Å²) in [5.41, 5.74) is 0.894. The van der Waals surface area contributed by atoms with Crippen molar-refractivity contribution in [3.63, 3.8) is 0 Å². The molecule has 3 aromatic rings. The number of carboxylic acid groups (broad SMARTS) is 1. The average Bonchev–Trinajstić information content (AvgIpc) is 2.51. The fourth-order valence-corrected chi connectivity index (χ4v) is 2.24. The number of nitrogens with zero attached hydrogens (tertiary/aromatic N) is 2. The first-order valence-electron chi connectivity index (χ1n) is 6.43. The van der Waals surface area contributed by atoms with Crippen molar-refractivity contribution in [2.45, 2.75) is 6.54 Å². The van der Waals surface area contributed by atoms with Crippen LogP contribution in [-0.2, 0) is 6.54 Å². The van der Waals surface area contributed by atoms with E-state index in [1.807, 2.05) is 30.3 Å². The van der Waals surface area contributed by atoms with Crippen molar-refractivity contribution in [2.75, 3.05) is 0 Å². The number of hydrogen-bond donors (Lipinski definition) is 1. The summed E-state index contributed by atoms with van der Waals surface area (Å²) in [7, 11) is 0. The molecule has 0 bridgehead atoms. The van der Waals surface area contributed by atoms with Gasteiger partial charge in [-0.2, -0.15) is 0 Å². The van der Waals surface area contributed by atoms with Gasteiger partial charge in [-0.15, -0.1) is 0 Å². The first kappa shape index (κ1) is 13.1. The standard InChI is InChI=1S/C16H12N2O3/c19-15-12-8-4-5-9-13(12)17-14(16(20)21)18(15)10-11-6-2-1-3-7-11/h1-9H,10H2,(H,20,21). The third-order valence-electron chi connectivity index (χ3n) is 3.24. The molecule has 0 aliphatic heterocycles. The highest BCUT2D eigenvalue weighted by atomic mass is 16.4. The largest absolute Gasteiger partial charge is 0.475 e. The summed E-state index contributed by atoms with van der Waals surface area (Å²) >= 11 is 0. The van der Waals surface area contributed by atoms with Gasteiger partial charge in [-0.1, -0.05) is 42.5 Å². The molecule has 104 valence electrons. The van der Waals surface area contributed by atoms with E-state index in [9.17, 15) is 14.7 Å². The van der Waals surface area contributed by atoms with Gasteiger partial charge in [0.2, 0.25) is 5.82 Å². The summed E-state index contributed by atoms with van der Waals surface area (Å²) in [6.07, 6.45) is 0. The molecule has 0 saturated heterocycles. The molecule has 0 atom stereocenters. The van der Waals surface area contributed by atoms with E-state index in [0.717, 1.165) is 5.56 Å². The molecule has 1 aromatic heterocycles. The molecule has 5 nitrogen and oxygen atoms in total. The molecule has 3 rings (SSSR count). The fourth-order valence-electron chi connectivity index (χ4n) is 2.24. The second kappa shape index (κ2) is 5.20. The number of rotatable bonds is 3. The Hall–Kier alpha value is -2.95. The Morgan fingerprint density at radius 3 is 2.43 bits per heavy atom. The van der Waals surface area contributed by atoms with Gasteiger partial charge in [-0.3, -0.25) is 9.36 Å². The van der Waals surface area contributed by atoms with E-state index in [4.69, 9.17) is 0 Å². The van der Waals surface area contributed by atoms with E-state index < -0.39 is 5.97 Å². The van der Waals surface area contributed by atoms with Crippen LogP contribution in [0.2, 0.25) is 0 Å². The van der Waals surface area contributed by atoms with Crippen LogP contribution < -0.4 is 5.56 Å². The van der Waals surface area contributed by atoms with E-state index in [1.54, 1.807) is 24.3 Å². The first-order valence-corrected chi connectivity index (χ1v) is 6.43. The summed E-state index contributed by atoms with van der Waals surface area (Å²) in [6, 6.07) is 16.0. The van der Waals surface area contributed by atoms with E-state index in [0.29, 0.717) is 10.9 Å². The number of carbonyl (C=O) groups is 1. The lowest BCUT2D eigenvalue weighted by atomic mass is 10.2. The van der Waals surface area contributed by atoms with E-state index in [1.165, 1.54) is 4.57 Å². The Balaban J connectivity index is 2.24. The van der Waals surface area contributed by atoms with Crippen molar-refractivity contribution in [1.82, 2.24) is 9.55 Å². The van der Waals surface area contributed by atoms with Crippen LogP contribution >= 0.6 is 0 Å². The van der Waals surface area contributed by atoms with Gasteiger partial charge in [-0.05, 0) is 17.7 Å². The Morgan fingerprint density at radius 1 is 1.05 bits per heavy atom. The number of para-hydroxylation sites is 1. The highest BCUT2D eigenvalue weighted by Crippen LogP contribution is 2.10. The lowest BCUT2D eigenvalue weighted by Crippen LogP contribution is -2.28. The van der Waals surface area contributed by atoms with E-state index in [2.05, 4.69) is 4.98 Å². The minimum absolute atomic E-state index is 0.180. The topological polar surface area (TPSA) is 72.2 Å². The molecule has 0 saturated carbocycles. The molecule has 0 amide bonds. The van der Waals surface area contributed by atoms with Crippen molar-refractivity contribution in [3.05, 3.63) is 76.3 Å². The smallest absolute Gasteiger partial charge is 0.372 e. The van der Waals surface area contributed by atoms with Crippen LogP contribution in [0.1, 0.15) is 16.2 Å². The van der Waals surface area contributed by atoms with Gasteiger partial charge in [-0.25, -0.2) is 9.78 Å². The molecular formula is C16H12N2O3. The van der Waals surface area contributed by atoms with E-state index >= 15 is 0 Å². The molecule has 0 radical (unpaired) electrons. The highest BCUT2D eigenvalue weighted by molar-refractivity contribution is 5.87. The lowest BCUT2D eigenvalue weighted by Gasteiger charge is -2.10. The number of aromatic nitrogens is 2. The number of carboxylic acids is 1. The van der Waals surface area contributed by atoms with E-state index in [-0.39, 0.29) is 17.9 Å². The molecular weight excluding hydrogens is 268 g/mol. The third-order valence-corrected chi connectivity index (χ3v) is 3.24. The van der Waals surface area contributed by atoms with Gasteiger partial charge in [0.25, 0.3) is 5.56 Å².